The van der Waals surface area contributed by atoms with Crippen molar-refractivity contribution in [1.82, 2.24) is 0 Å². The first kappa shape index (κ1) is 9.68. The molecule has 1 aromatic carbocycles. The number of rotatable bonds is 3. The molecule has 0 radical (unpaired) electrons. The Morgan fingerprint density at radius 1 is 1.33 bits per heavy atom. The van der Waals surface area contributed by atoms with Crippen LogP contribution in [0.5, 0.6) is 0 Å². The lowest BCUT2D eigenvalue weighted by Crippen LogP contribution is -1.80. The maximum Gasteiger partial charge on any atom is 0.0748 e. The van der Waals surface area contributed by atoms with Crippen LogP contribution in [0.25, 0.3) is 0 Å². The summed E-state index contributed by atoms with van der Waals surface area (Å²) in [6, 6.07) is 10.1. The van der Waals surface area contributed by atoms with Gasteiger partial charge in [0.2, 0.25) is 0 Å². The van der Waals surface area contributed by atoms with E-state index in [9.17, 15) is 0 Å². The third kappa shape index (κ3) is 3.32. The molecule has 0 fully saturated rings. The molecule has 3 heteroatoms. The van der Waals surface area contributed by atoms with Gasteiger partial charge in [0.25, 0.3) is 0 Å². The van der Waals surface area contributed by atoms with Gasteiger partial charge in [-0.1, -0.05) is 35.9 Å². The lowest BCUT2D eigenvalue weighted by molar-refractivity contribution is 1.28. The zero-order chi connectivity index (χ0) is 8.81. The smallest absolute Gasteiger partial charge is 0.0748 e. The Balaban J connectivity index is 2.38. The van der Waals surface area contributed by atoms with Gasteiger partial charge in [-0.05, 0) is 29.3 Å². The van der Waals surface area contributed by atoms with Crippen LogP contribution in [0.15, 0.2) is 35.2 Å². The normalized spacial score (nSPS) is 9.75. The SMILES string of the molecule is CCC(=N)SSc1ccccc1. The molecule has 0 unspecified atom stereocenters. The molecule has 0 heterocycles. The molecule has 0 saturated heterocycles. The Kier molecular flexibility index (Phi) is 4.25. The summed E-state index contributed by atoms with van der Waals surface area (Å²) < 4.78 is 0. The highest BCUT2D eigenvalue weighted by atomic mass is 33.1. The number of benzene rings is 1. The highest BCUT2D eigenvalue weighted by Crippen LogP contribution is 2.31. The van der Waals surface area contributed by atoms with E-state index in [-0.39, 0.29) is 0 Å². The van der Waals surface area contributed by atoms with Crippen LogP contribution in [-0.2, 0) is 0 Å². The fraction of sp³-hybridized carbons (Fsp3) is 0.222. The van der Waals surface area contributed by atoms with Gasteiger partial charge in [-0.25, -0.2) is 0 Å². The van der Waals surface area contributed by atoms with Crippen molar-refractivity contribution >= 4 is 26.6 Å². The maximum absolute atomic E-state index is 7.43. The molecule has 1 rings (SSSR count). The molecule has 0 saturated carbocycles. The van der Waals surface area contributed by atoms with Gasteiger partial charge < -0.3 is 0 Å². The molecule has 0 bridgehead atoms. The van der Waals surface area contributed by atoms with Gasteiger partial charge in [0.15, 0.2) is 0 Å². The summed E-state index contributed by atoms with van der Waals surface area (Å²) in [5.41, 5.74) is 0. The third-order valence-corrected chi connectivity index (χ3v) is 3.77. The van der Waals surface area contributed by atoms with E-state index in [1.165, 1.54) is 15.7 Å². The second-order valence-electron chi connectivity index (χ2n) is 2.26. The van der Waals surface area contributed by atoms with E-state index in [4.69, 9.17) is 5.41 Å². The standard InChI is InChI=1S/C9H11NS2/c1-2-9(10)12-11-8-6-4-3-5-7-8/h3-7,10H,2H2,1H3. The van der Waals surface area contributed by atoms with Crippen molar-refractivity contribution < 1.29 is 0 Å². The Morgan fingerprint density at radius 3 is 2.58 bits per heavy atom. The fourth-order valence-corrected chi connectivity index (χ4v) is 2.49. The van der Waals surface area contributed by atoms with Gasteiger partial charge in [-0.3, -0.25) is 5.41 Å². The van der Waals surface area contributed by atoms with Gasteiger partial charge in [-0.15, -0.1) is 0 Å². The van der Waals surface area contributed by atoms with Crippen LogP contribution in [0, 0.1) is 5.41 Å². The molecule has 0 amide bonds. The van der Waals surface area contributed by atoms with E-state index in [1.54, 1.807) is 10.8 Å². The van der Waals surface area contributed by atoms with Crippen molar-refractivity contribution in [2.24, 2.45) is 0 Å². The maximum atomic E-state index is 7.43. The third-order valence-electron chi connectivity index (χ3n) is 1.30. The van der Waals surface area contributed by atoms with E-state index in [0.717, 1.165) is 11.5 Å². The zero-order valence-electron chi connectivity index (χ0n) is 6.91. The predicted octanol–water partition coefficient (Wildman–Crippen LogP) is 3.81. The van der Waals surface area contributed by atoms with E-state index in [2.05, 4.69) is 12.1 Å². The zero-order valence-corrected chi connectivity index (χ0v) is 8.54. The highest BCUT2D eigenvalue weighted by Gasteiger charge is 1.96. The van der Waals surface area contributed by atoms with Crippen molar-refractivity contribution in [2.45, 2.75) is 18.2 Å². The fourth-order valence-electron chi connectivity index (χ4n) is 0.633. The minimum atomic E-state index is 0.726. The molecule has 0 atom stereocenters. The summed E-state index contributed by atoms with van der Waals surface area (Å²) in [6.45, 7) is 2.00. The molecule has 0 aliphatic rings. The van der Waals surface area contributed by atoms with Crippen molar-refractivity contribution in [1.29, 1.82) is 5.41 Å². The molecular formula is C9H11NS2. The highest BCUT2D eigenvalue weighted by molar-refractivity contribution is 8.82. The summed E-state index contributed by atoms with van der Waals surface area (Å²) in [6.07, 6.45) is 0.824. The molecule has 1 aromatic rings. The van der Waals surface area contributed by atoms with Crippen LogP contribution in [0.3, 0.4) is 0 Å². The Hall–Kier alpha value is -0.410. The Labute approximate surface area is 80.9 Å². The lowest BCUT2D eigenvalue weighted by Gasteiger charge is -1.98. The van der Waals surface area contributed by atoms with Gasteiger partial charge in [0.05, 0.1) is 5.04 Å². The molecule has 1 N–H and O–H groups in total. The van der Waals surface area contributed by atoms with E-state index < -0.39 is 0 Å². The molecule has 12 heavy (non-hydrogen) atoms. The summed E-state index contributed by atoms with van der Waals surface area (Å²) in [4.78, 5) is 1.21. The average Bonchev–Trinajstić information content (AvgIpc) is 2.16. The van der Waals surface area contributed by atoms with Gasteiger partial charge in [0, 0.05) is 4.90 Å². The van der Waals surface area contributed by atoms with Crippen LogP contribution >= 0.6 is 21.6 Å². The minimum Gasteiger partial charge on any atom is -0.298 e. The monoisotopic (exact) mass is 197 g/mol. The van der Waals surface area contributed by atoms with Crippen molar-refractivity contribution in [3.8, 4) is 0 Å². The van der Waals surface area contributed by atoms with E-state index in [1.807, 2.05) is 25.1 Å². The number of hydrogen-bond donors (Lipinski definition) is 1. The number of hydrogen-bond acceptors (Lipinski definition) is 3. The van der Waals surface area contributed by atoms with Crippen LogP contribution in [0.1, 0.15) is 13.3 Å². The molecule has 0 aliphatic heterocycles. The predicted molar refractivity (Wildman–Crippen MR) is 57.9 cm³/mol. The first-order valence-corrected chi connectivity index (χ1v) is 5.95. The molecule has 64 valence electrons. The van der Waals surface area contributed by atoms with Crippen LogP contribution in [-0.4, -0.2) is 5.04 Å². The Morgan fingerprint density at radius 2 is 2.00 bits per heavy atom. The van der Waals surface area contributed by atoms with Gasteiger partial charge in [-0.2, -0.15) is 0 Å². The molecule has 1 nitrogen and oxygen atoms in total. The quantitative estimate of drug-likeness (QED) is 0.452. The second-order valence-corrected chi connectivity index (χ2v) is 4.55. The molecule has 0 aliphatic carbocycles. The van der Waals surface area contributed by atoms with Crippen molar-refractivity contribution in [2.75, 3.05) is 0 Å². The summed E-state index contributed by atoms with van der Waals surface area (Å²) in [5.74, 6) is 0. The summed E-state index contributed by atoms with van der Waals surface area (Å²) in [7, 11) is 3.17. The van der Waals surface area contributed by atoms with Crippen LogP contribution < -0.4 is 0 Å². The van der Waals surface area contributed by atoms with Crippen molar-refractivity contribution in [3.05, 3.63) is 30.3 Å². The summed E-state index contributed by atoms with van der Waals surface area (Å²) in [5, 5.41) is 8.15. The van der Waals surface area contributed by atoms with E-state index in [0.29, 0.717) is 0 Å². The second kappa shape index (κ2) is 5.27. The first-order chi connectivity index (χ1) is 5.83. The minimum absolute atomic E-state index is 0.726. The molecular weight excluding hydrogens is 186 g/mol. The molecule has 0 spiro atoms. The topological polar surface area (TPSA) is 23.9 Å². The largest absolute Gasteiger partial charge is 0.298 e. The van der Waals surface area contributed by atoms with Crippen molar-refractivity contribution in [3.63, 3.8) is 0 Å². The number of nitrogens with one attached hydrogen (secondary N) is 1. The van der Waals surface area contributed by atoms with Gasteiger partial charge >= 0.3 is 0 Å². The van der Waals surface area contributed by atoms with E-state index >= 15 is 0 Å². The van der Waals surface area contributed by atoms with Crippen LogP contribution in [0.2, 0.25) is 0 Å². The summed E-state index contributed by atoms with van der Waals surface area (Å²) >= 11 is 0. The molecule has 0 aromatic heterocycles. The Bertz CT molecular complexity index is 246. The van der Waals surface area contributed by atoms with Gasteiger partial charge in [0.1, 0.15) is 0 Å². The van der Waals surface area contributed by atoms with Crippen LogP contribution in [0.4, 0.5) is 0 Å². The average molecular weight is 197 g/mol. The lowest BCUT2D eigenvalue weighted by atomic mass is 10.4. The first-order valence-electron chi connectivity index (χ1n) is 3.80.